The van der Waals surface area contributed by atoms with Crippen LogP contribution in [0.25, 0.3) is 22.0 Å². The summed E-state index contributed by atoms with van der Waals surface area (Å²) in [6.07, 6.45) is 1.55. The first-order valence-corrected chi connectivity index (χ1v) is 9.78. The quantitative estimate of drug-likeness (QED) is 0.687. The predicted octanol–water partition coefficient (Wildman–Crippen LogP) is 3.09. The minimum atomic E-state index is 0.0635. The smallest absolute Gasteiger partial charge is 0.137 e. The molecular weight excluding hydrogens is 352 g/mol. The van der Waals surface area contributed by atoms with Gasteiger partial charge in [-0.25, -0.2) is 9.97 Å². The van der Waals surface area contributed by atoms with E-state index in [1.165, 1.54) is 5.56 Å². The van der Waals surface area contributed by atoms with Gasteiger partial charge in [-0.2, -0.15) is 0 Å². The lowest BCUT2D eigenvalue weighted by atomic mass is 9.99. The van der Waals surface area contributed by atoms with Gasteiger partial charge >= 0.3 is 0 Å². The van der Waals surface area contributed by atoms with E-state index in [1.807, 2.05) is 6.07 Å². The molecule has 4 rings (SSSR count). The first-order valence-electron chi connectivity index (χ1n) is 9.78. The summed E-state index contributed by atoms with van der Waals surface area (Å²) in [6.45, 7) is 6.38. The minimum Gasteiger partial charge on any atom is -0.395 e. The molecule has 0 aliphatic carbocycles. The molecule has 2 N–H and O–H groups in total. The highest BCUT2D eigenvalue weighted by molar-refractivity contribution is 5.92. The highest BCUT2D eigenvalue weighted by atomic mass is 16.5. The first-order chi connectivity index (χ1) is 13.8. The number of anilines is 1. The SMILES string of the molecule is CC(c1ccc(-c2ccc3ncnc(NCCO)c3c2)cc1)N1CCOCC1. The normalized spacial score (nSPS) is 16.2. The zero-order valence-electron chi connectivity index (χ0n) is 16.1. The lowest BCUT2D eigenvalue weighted by Crippen LogP contribution is -2.37. The van der Waals surface area contributed by atoms with Gasteiger partial charge in [0.25, 0.3) is 0 Å². The Bertz CT molecular complexity index is 923. The van der Waals surface area contributed by atoms with E-state index >= 15 is 0 Å². The van der Waals surface area contributed by atoms with Crippen LogP contribution in [0.5, 0.6) is 0 Å². The van der Waals surface area contributed by atoms with Crippen LogP contribution in [0.1, 0.15) is 18.5 Å². The van der Waals surface area contributed by atoms with Gasteiger partial charge in [0, 0.05) is 31.1 Å². The maximum Gasteiger partial charge on any atom is 0.137 e. The Labute approximate surface area is 165 Å². The Balaban J connectivity index is 1.59. The topological polar surface area (TPSA) is 70.5 Å². The third-order valence-electron chi connectivity index (χ3n) is 5.36. The van der Waals surface area contributed by atoms with E-state index in [-0.39, 0.29) is 6.61 Å². The average molecular weight is 378 g/mol. The fourth-order valence-corrected chi connectivity index (χ4v) is 3.68. The van der Waals surface area contributed by atoms with Gasteiger partial charge < -0.3 is 15.2 Å². The Morgan fingerprint density at radius 3 is 2.57 bits per heavy atom. The summed E-state index contributed by atoms with van der Waals surface area (Å²) in [5, 5.41) is 13.2. The van der Waals surface area contributed by atoms with Gasteiger partial charge in [0.05, 0.1) is 25.3 Å². The van der Waals surface area contributed by atoms with Gasteiger partial charge in [-0.1, -0.05) is 30.3 Å². The van der Waals surface area contributed by atoms with E-state index in [9.17, 15) is 0 Å². The van der Waals surface area contributed by atoms with Crippen LogP contribution < -0.4 is 5.32 Å². The van der Waals surface area contributed by atoms with E-state index in [4.69, 9.17) is 9.84 Å². The molecule has 6 nitrogen and oxygen atoms in total. The molecule has 1 aliphatic heterocycles. The molecule has 1 saturated heterocycles. The van der Waals surface area contributed by atoms with Gasteiger partial charge in [0.1, 0.15) is 12.1 Å². The van der Waals surface area contributed by atoms with Crippen molar-refractivity contribution in [3.63, 3.8) is 0 Å². The molecule has 0 amide bonds. The summed E-state index contributed by atoms with van der Waals surface area (Å²) >= 11 is 0. The van der Waals surface area contributed by atoms with Crippen LogP contribution in [0, 0.1) is 0 Å². The fraction of sp³-hybridized carbons (Fsp3) is 0.364. The monoisotopic (exact) mass is 378 g/mol. The van der Waals surface area contributed by atoms with Crippen molar-refractivity contribution in [3.8, 4) is 11.1 Å². The molecule has 0 bridgehead atoms. The molecule has 2 aromatic carbocycles. The number of nitrogens with one attached hydrogen (secondary N) is 1. The summed E-state index contributed by atoms with van der Waals surface area (Å²) in [5.74, 6) is 0.749. The van der Waals surface area contributed by atoms with Crippen LogP contribution >= 0.6 is 0 Å². The van der Waals surface area contributed by atoms with Crippen LogP contribution in [0.4, 0.5) is 5.82 Å². The number of hydrogen-bond acceptors (Lipinski definition) is 6. The van der Waals surface area contributed by atoms with Crippen LogP contribution in [0.2, 0.25) is 0 Å². The second kappa shape index (κ2) is 8.65. The van der Waals surface area contributed by atoms with Crippen LogP contribution in [-0.4, -0.2) is 59.4 Å². The van der Waals surface area contributed by atoms with E-state index in [2.05, 4.69) is 63.5 Å². The molecule has 1 aromatic heterocycles. The molecule has 2 heterocycles. The Morgan fingerprint density at radius 1 is 1.07 bits per heavy atom. The Hall–Kier alpha value is -2.54. The second-order valence-electron chi connectivity index (χ2n) is 7.05. The average Bonchev–Trinajstić information content (AvgIpc) is 2.77. The second-order valence-corrected chi connectivity index (χ2v) is 7.05. The lowest BCUT2D eigenvalue weighted by molar-refractivity contribution is 0.0198. The summed E-state index contributed by atoms with van der Waals surface area (Å²) in [4.78, 5) is 11.1. The third-order valence-corrected chi connectivity index (χ3v) is 5.36. The number of hydrogen-bond donors (Lipinski definition) is 2. The zero-order valence-corrected chi connectivity index (χ0v) is 16.1. The molecule has 3 aromatic rings. The molecule has 1 aliphatic rings. The molecule has 0 spiro atoms. The largest absolute Gasteiger partial charge is 0.395 e. The van der Waals surface area contributed by atoms with Gasteiger partial charge in [0.2, 0.25) is 0 Å². The number of aliphatic hydroxyl groups is 1. The fourth-order valence-electron chi connectivity index (χ4n) is 3.68. The highest BCUT2D eigenvalue weighted by Crippen LogP contribution is 2.29. The van der Waals surface area contributed by atoms with Crippen LogP contribution in [0.3, 0.4) is 0 Å². The van der Waals surface area contributed by atoms with Crippen molar-refractivity contribution in [1.29, 1.82) is 0 Å². The maximum atomic E-state index is 9.08. The van der Waals surface area contributed by atoms with Crippen molar-refractivity contribution in [2.45, 2.75) is 13.0 Å². The number of aromatic nitrogens is 2. The highest BCUT2D eigenvalue weighted by Gasteiger charge is 2.18. The van der Waals surface area contributed by atoms with Crippen LogP contribution in [0.15, 0.2) is 48.8 Å². The molecule has 1 atom stereocenters. The minimum absolute atomic E-state index is 0.0635. The Morgan fingerprint density at radius 2 is 1.82 bits per heavy atom. The summed E-state index contributed by atoms with van der Waals surface area (Å²) in [7, 11) is 0. The summed E-state index contributed by atoms with van der Waals surface area (Å²) < 4.78 is 5.46. The van der Waals surface area contributed by atoms with Gasteiger partial charge in [0.15, 0.2) is 0 Å². The van der Waals surface area contributed by atoms with E-state index in [1.54, 1.807) is 6.33 Å². The number of benzene rings is 2. The van der Waals surface area contributed by atoms with Crippen LogP contribution in [-0.2, 0) is 4.74 Å². The summed E-state index contributed by atoms with van der Waals surface area (Å²) in [6, 6.07) is 15.4. The standard InChI is InChI=1S/C22H26N4O2/c1-16(26-9-12-28-13-10-26)17-2-4-18(5-3-17)19-6-7-21-20(14-19)22(23-8-11-27)25-15-24-21/h2-7,14-16,27H,8-13H2,1H3,(H,23,24,25). The van der Waals surface area contributed by atoms with Gasteiger partial charge in [-0.05, 0) is 35.7 Å². The number of rotatable bonds is 6. The zero-order chi connectivity index (χ0) is 19.3. The predicted molar refractivity (Wildman–Crippen MR) is 111 cm³/mol. The van der Waals surface area contributed by atoms with E-state index in [0.717, 1.165) is 54.2 Å². The van der Waals surface area contributed by atoms with Gasteiger partial charge in [-0.15, -0.1) is 0 Å². The van der Waals surface area contributed by atoms with Gasteiger partial charge in [-0.3, -0.25) is 4.90 Å². The summed E-state index contributed by atoms with van der Waals surface area (Å²) in [5.41, 5.74) is 4.49. The van der Waals surface area contributed by atoms with Crippen molar-refractivity contribution >= 4 is 16.7 Å². The number of fused-ring (bicyclic) bond motifs is 1. The van der Waals surface area contributed by atoms with E-state index in [0.29, 0.717) is 12.6 Å². The lowest BCUT2D eigenvalue weighted by Gasteiger charge is -2.32. The molecule has 6 heteroatoms. The molecule has 0 saturated carbocycles. The number of aliphatic hydroxyl groups excluding tert-OH is 1. The molecule has 0 radical (unpaired) electrons. The third kappa shape index (κ3) is 3.99. The number of ether oxygens (including phenoxy) is 1. The van der Waals surface area contributed by atoms with Crippen molar-refractivity contribution < 1.29 is 9.84 Å². The van der Waals surface area contributed by atoms with Crippen molar-refractivity contribution in [1.82, 2.24) is 14.9 Å². The molecular formula is C22H26N4O2. The maximum absolute atomic E-state index is 9.08. The molecule has 1 fully saturated rings. The van der Waals surface area contributed by atoms with Crippen molar-refractivity contribution in [3.05, 3.63) is 54.4 Å². The van der Waals surface area contributed by atoms with Crippen molar-refractivity contribution in [2.75, 3.05) is 44.8 Å². The number of morpholine rings is 1. The Kier molecular flexibility index (Phi) is 5.81. The molecule has 28 heavy (non-hydrogen) atoms. The van der Waals surface area contributed by atoms with E-state index < -0.39 is 0 Å². The first kappa shape index (κ1) is 18.8. The van der Waals surface area contributed by atoms with Crippen molar-refractivity contribution in [2.24, 2.45) is 0 Å². The molecule has 1 unspecified atom stereocenters. The number of nitrogens with zero attached hydrogens (tertiary/aromatic N) is 3. The molecule has 146 valence electrons.